The van der Waals surface area contributed by atoms with Crippen LogP contribution >= 0.6 is 23.2 Å². The van der Waals surface area contributed by atoms with E-state index in [9.17, 15) is 13.2 Å². The molecule has 2 aromatic heterocycles. The van der Waals surface area contributed by atoms with Crippen LogP contribution in [0.15, 0.2) is 52.5 Å². The lowest BCUT2D eigenvalue weighted by atomic mass is 10.2. The van der Waals surface area contributed by atoms with Crippen molar-refractivity contribution in [1.29, 1.82) is 0 Å². The van der Waals surface area contributed by atoms with Crippen LogP contribution in [0.25, 0.3) is 5.69 Å². The Kier molecular flexibility index (Phi) is 5.83. The second-order valence-corrected chi connectivity index (χ2v) is 9.18. The molecule has 3 aromatic rings. The quantitative estimate of drug-likeness (QED) is 0.594. The van der Waals surface area contributed by atoms with Crippen LogP contribution < -0.4 is 10.3 Å². The van der Waals surface area contributed by atoms with Crippen LogP contribution in [0, 0.1) is 0 Å². The molecule has 1 aliphatic heterocycles. The summed E-state index contributed by atoms with van der Waals surface area (Å²) in [5, 5.41) is 7.97. The van der Waals surface area contributed by atoms with Crippen molar-refractivity contribution in [3.05, 3.63) is 63.3 Å². The Morgan fingerprint density at radius 2 is 1.93 bits per heavy atom. The van der Waals surface area contributed by atoms with Gasteiger partial charge in [-0.05, 0) is 37.1 Å². The summed E-state index contributed by atoms with van der Waals surface area (Å²) >= 11 is 11.6. The lowest BCUT2D eigenvalue weighted by Gasteiger charge is -2.09. The Labute approximate surface area is 182 Å². The molecule has 0 amide bonds. The first-order valence-electron chi connectivity index (χ1n) is 9.04. The van der Waals surface area contributed by atoms with Crippen molar-refractivity contribution >= 4 is 38.9 Å². The molecule has 0 spiro atoms. The molecule has 4 rings (SSSR count). The molecule has 0 aliphatic carbocycles. The van der Waals surface area contributed by atoms with Gasteiger partial charge in [0.2, 0.25) is 0 Å². The van der Waals surface area contributed by atoms with Gasteiger partial charge in [-0.2, -0.15) is 14.9 Å². The fraction of sp³-hybridized carbons (Fsp3) is 0.278. The second kappa shape index (κ2) is 8.38. The molecule has 0 saturated carbocycles. The van der Waals surface area contributed by atoms with Crippen molar-refractivity contribution in [2.24, 2.45) is 0 Å². The molecule has 3 heterocycles. The van der Waals surface area contributed by atoms with E-state index in [0.29, 0.717) is 17.9 Å². The summed E-state index contributed by atoms with van der Waals surface area (Å²) in [5.74, 6) is 0. The molecule has 30 heavy (non-hydrogen) atoms. The molecule has 1 N–H and O–H groups in total. The van der Waals surface area contributed by atoms with Gasteiger partial charge in [0.1, 0.15) is 5.02 Å². The normalized spacial score (nSPS) is 16.7. The highest BCUT2D eigenvalue weighted by Crippen LogP contribution is 2.20. The van der Waals surface area contributed by atoms with E-state index in [-0.39, 0.29) is 21.0 Å². The molecular formula is C18H17Cl2N5O4S. The van der Waals surface area contributed by atoms with Gasteiger partial charge >= 0.3 is 0 Å². The van der Waals surface area contributed by atoms with Gasteiger partial charge in [0.05, 0.1) is 46.3 Å². The maximum absolute atomic E-state index is 12.7. The van der Waals surface area contributed by atoms with Gasteiger partial charge in [-0.15, -0.1) is 0 Å². The molecule has 1 aromatic carbocycles. The van der Waals surface area contributed by atoms with Crippen molar-refractivity contribution < 1.29 is 13.2 Å². The largest absolute Gasteiger partial charge is 0.376 e. The number of aromatic nitrogens is 4. The second-order valence-electron chi connectivity index (χ2n) is 6.71. The van der Waals surface area contributed by atoms with Crippen LogP contribution in [-0.2, 0) is 21.3 Å². The lowest BCUT2D eigenvalue weighted by Crippen LogP contribution is -2.21. The van der Waals surface area contributed by atoms with Crippen LogP contribution in [0.2, 0.25) is 10.0 Å². The number of ether oxygens (including phenoxy) is 1. The van der Waals surface area contributed by atoms with Crippen LogP contribution in [0.4, 0.5) is 5.69 Å². The van der Waals surface area contributed by atoms with E-state index in [4.69, 9.17) is 27.9 Å². The van der Waals surface area contributed by atoms with Crippen LogP contribution in [0.3, 0.4) is 0 Å². The van der Waals surface area contributed by atoms with Crippen molar-refractivity contribution in [3.8, 4) is 5.69 Å². The van der Waals surface area contributed by atoms with Gasteiger partial charge < -0.3 is 4.74 Å². The summed E-state index contributed by atoms with van der Waals surface area (Å²) in [4.78, 5) is 12.2. The van der Waals surface area contributed by atoms with Gasteiger partial charge in [-0.1, -0.05) is 23.2 Å². The molecule has 9 nitrogen and oxygen atoms in total. The number of anilines is 1. The Hall–Kier alpha value is -2.40. The van der Waals surface area contributed by atoms with E-state index in [1.165, 1.54) is 36.7 Å². The predicted molar refractivity (Wildman–Crippen MR) is 112 cm³/mol. The number of sulfonamides is 1. The van der Waals surface area contributed by atoms with Crippen molar-refractivity contribution in [3.63, 3.8) is 0 Å². The molecule has 1 unspecified atom stereocenters. The maximum Gasteiger partial charge on any atom is 0.291 e. The van der Waals surface area contributed by atoms with Gasteiger partial charge in [-0.3, -0.25) is 14.2 Å². The summed E-state index contributed by atoms with van der Waals surface area (Å²) < 4.78 is 36.1. The Morgan fingerprint density at radius 3 is 2.63 bits per heavy atom. The molecule has 1 aliphatic rings. The third-order valence-electron chi connectivity index (χ3n) is 4.57. The molecule has 1 atom stereocenters. The van der Waals surface area contributed by atoms with Gasteiger partial charge in [0.15, 0.2) is 0 Å². The van der Waals surface area contributed by atoms with E-state index < -0.39 is 15.6 Å². The molecule has 0 bridgehead atoms. The Balaban J connectivity index is 1.50. The zero-order valence-electron chi connectivity index (χ0n) is 15.5. The molecule has 0 radical (unpaired) electrons. The fourth-order valence-corrected chi connectivity index (χ4v) is 4.37. The summed E-state index contributed by atoms with van der Waals surface area (Å²) in [6.07, 6.45) is 6.38. The molecular weight excluding hydrogens is 453 g/mol. The molecule has 158 valence electrons. The SMILES string of the molecule is O=c1c(Cl)c(Cl)cnn1-c1ccc(S(=O)(=O)Nc2cnn(CC3CCCO3)c2)cc1. The van der Waals surface area contributed by atoms with E-state index in [0.717, 1.165) is 24.1 Å². The first-order valence-corrected chi connectivity index (χ1v) is 11.3. The first kappa shape index (κ1) is 20.9. The Morgan fingerprint density at radius 1 is 1.17 bits per heavy atom. The number of halogens is 2. The standard InChI is InChI=1S/C18H17Cl2N5O4S/c19-16-9-22-25(18(26)17(16)20)13-3-5-15(6-4-13)30(27,28)23-12-8-21-24(10-12)11-14-2-1-7-29-14/h3-6,8-10,14,23H,1-2,7,11H2. The summed E-state index contributed by atoms with van der Waals surface area (Å²) in [6, 6.07) is 5.64. The fourth-order valence-electron chi connectivity index (χ4n) is 3.09. The van der Waals surface area contributed by atoms with Crippen molar-refractivity contribution in [1.82, 2.24) is 19.6 Å². The van der Waals surface area contributed by atoms with E-state index in [2.05, 4.69) is 14.9 Å². The predicted octanol–water partition coefficient (Wildman–Crippen LogP) is 2.72. The molecule has 1 saturated heterocycles. The highest BCUT2D eigenvalue weighted by molar-refractivity contribution is 7.92. The zero-order valence-corrected chi connectivity index (χ0v) is 17.9. The van der Waals surface area contributed by atoms with Crippen LogP contribution in [0.5, 0.6) is 0 Å². The lowest BCUT2D eigenvalue weighted by molar-refractivity contribution is 0.0940. The topological polar surface area (TPSA) is 108 Å². The summed E-state index contributed by atoms with van der Waals surface area (Å²) in [7, 11) is -3.84. The Bertz CT molecular complexity index is 1220. The maximum atomic E-state index is 12.7. The highest BCUT2D eigenvalue weighted by Gasteiger charge is 2.19. The van der Waals surface area contributed by atoms with Gasteiger partial charge in [0.25, 0.3) is 15.6 Å². The smallest absolute Gasteiger partial charge is 0.291 e. The summed E-state index contributed by atoms with van der Waals surface area (Å²) in [5.41, 5.74) is 0.0953. The number of nitrogens with one attached hydrogen (secondary N) is 1. The minimum Gasteiger partial charge on any atom is -0.376 e. The van der Waals surface area contributed by atoms with Gasteiger partial charge in [-0.25, -0.2) is 8.42 Å². The van der Waals surface area contributed by atoms with Crippen molar-refractivity contribution in [2.45, 2.75) is 30.4 Å². The highest BCUT2D eigenvalue weighted by atomic mass is 35.5. The van der Waals surface area contributed by atoms with Gasteiger partial charge in [0, 0.05) is 12.8 Å². The van der Waals surface area contributed by atoms with E-state index >= 15 is 0 Å². The number of hydrogen-bond acceptors (Lipinski definition) is 6. The average molecular weight is 470 g/mol. The third kappa shape index (κ3) is 4.36. The molecule has 12 heteroatoms. The number of benzene rings is 1. The molecule has 1 fully saturated rings. The van der Waals surface area contributed by atoms with Crippen LogP contribution in [0.1, 0.15) is 12.8 Å². The number of nitrogens with zero attached hydrogens (tertiary/aromatic N) is 4. The number of rotatable bonds is 6. The average Bonchev–Trinajstić information content (AvgIpc) is 3.39. The van der Waals surface area contributed by atoms with Crippen LogP contribution in [-0.4, -0.2) is 40.7 Å². The monoisotopic (exact) mass is 469 g/mol. The first-order chi connectivity index (χ1) is 14.3. The minimum atomic E-state index is -3.84. The third-order valence-corrected chi connectivity index (χ3v) is 6.71. The summed E-state index contributed by atoms with van der Waals surface area (Å²) in [6.45, 7) is 1.31. The van der Waals surface area contributed by atoms with E-state index in [1.807, 2.05) is 0 Å². The zero-order chi connectivity index (χ0) is 21.3. The minimum absolute atomic E-state index is 0.0197. The van der Waals surface area contributed by atoms with E-state index in [1.54, 1.807) is 10.9 Å². The number of hydrogen-bond donors (Lipinski definition) is 1. The van der Waals surface area contributed by atoms with Crippen molar-refractivity contribution in [2.75, 3.05) is 11.3 Å².